The van der Waals surface area contributed by atoms with Crippen LogP contribution in [0.4, 0.5) is 0 Å². The number of H-pyrrole nitrogens is 2. The molecule has 8 heteroatoms. The minimum atomic E-state index is -1.42. The van der Waals surface area contributed by atoms with E-state index in [4.69, 9.17) is 0 Å². The Bertz CT molecular complexity index is 1130. The zero-order chi connectivity index (χ0) is 19.3. The van der Waals surface area contributed by atoms with Gasteiger partial charge in [-0.3, -0.25) is 4.79 Å². The van der Waals surface area contributed by atoms with E-state index in [-0.39, 0.29) is 12.4 Å². The lowest BCUT2D eigenvalue weighted by molar-refractivity contribution is 0.0691. The molecule has 0 unspecified atom stereocenters. The SMILES string of the molecule is CN(C)Cc1c[nH]c2cc3c(cc12)CCCc1c-3[nH]c(=O)c(C(=O)O)c1O.Cl. The molecule has 0 fully saturated rings. The van der Waals surface area contributed by atoms with Crippen molar-refractivity contribution < 1.29 is 15.0 Å². The summed E-state index contributed by atoms with van der Waals surface area (Å²) >= 11 is 0. The number of rotatable bonds is 3. The third-order valence-electron chi connectivity index (χ3n) is 5.12. The molecule has 4 N–H and O–H groups in total. The summed E-state index contributed by atoms with van der Waals surface area (Å²) in [6.45, 7) is 0.814. The van der Waals surface area contributed by atoms with Crippen molar-refractivity contribution in [3.63, 3.8) is 0 Å². The topological polar surface area (TPSA) is 109 Å². The molecule has 0 aliphatic heterocycles. The van der Waals surface area contributed by atoms with E-state index in [1.54, 1.807) is 0 Å². The number of hydrogen-bond donors (Lipinski definition) is 4. The summed E-state index contributed by atoms with van der Waals surface area (Å²) in [5.41, 5.74) is 3.68. The third-order valence-corrected chi connectivity index (χ3v) is 5.12. The third kappa shape index (κ3) is 3.16. The van der Waals surface area contributed by atoms with Gasteiger partial charge in [0, 0.05) is 34.8 Å². The number of pyridine rings is 1. The van der Waals surface area contributed by atoms with Crippen LogP contribution in [0.5, 0.6) is 5.75 Å². The molecule has 7 nitrogen and oxygen atoms in total. The largest absolute Gasteiger partial charge is 0.506 e. The maximum atomic E-state index is 12.3. The number of benzene rings is 1. The van der Waals surface area contributed by atoms with Crippen LogP contribution in [0, 0.1) is 0 Å². The van der Waals surface area contributed by atoms with E-state index in [9.17, 15) is 19.8 Å². The highest BCUT2D eigenvalue weighted by Gasteiger charge is 2.26. The molecular weight excluding hydrogens is 382 g/mol. The minimum absolute atomic E-state index is 0. The summed E-state index contributed by atoms with van der Waals surface area (Å²) in [4.78, 5) is 31.7. The van der Waals surface area contributed by atoms with Crippen molar-refractivity contribution in [1.82, 2.24) is 14.9 Å². The molecule has 3 aromatic rings. The molecule has 2 aromatic heterocycles. The van der Waals surface area contributed by atoms with Crippen LogP contribution in [0.15, 0.2) is 23.1 Å². The molecule has 1 aromatic carbocycles. The second-order valence-corrected chi connectivity index (χ2v) is 7.30. The van der Waals surface area contributed by atoms with Gasteiger partial charge in [0.25, 0.3) is 5.56 Å². The number of halogens is 1. The lowest BCUT2D eigenvalue weighted by atomic mass is 9.97. The predicted octanol–water partition coefficient (Wildman–Crippen LogP) is 2.90. The van der Waals surface area contributed by atoms with Crippen molar-refractivity contribution in [3.8, 4) is 17.0 Å². The number of hydrogen-bond acceptors (Lipinski definition) is 4. The number of aryl methyl sites for hydroxylation is 1. The highest BCUT2D eigenvalue weighted by atomic mass is 35.5. The van der Waals surface area contributed by atoms with Crippen LogP contribution in [-0.4, -0.2) is 45.1 Å². The van der Waals surface area contributed by atoms with Gasteiger partial charge in [0.05, 0.1) is 5.69 Å². The summed E-state index contributed by atoms with van der Waals surface area (Å²) in [5, 5.41) is 20.8. The highest BCUT2D eigenvalue weighted by Crippen LogP contribution is 2.38. The first-order chi connectivity index (χ1) is 12.9. The van der Waals surface area contributed by atoms with Gasteiger partial charge in [-0.2, -0.15) is 0 Å². The van der Waals surface area contributed by atoms with Crippen molar-refractivity contribution in [2.45, 2.75) is 25.8 Å². The normalized spacial score (nSPS) is 13.0. The van der Waals surface area contributed by atoms with Gasteiger partial charge in [-0.1, -0.05) is 0 Å². The molecular formula is C20H22ClN3O4. The summed E-state index contributed by atoms with van der Waals surface area (Å²) < 4.78 is 0. The van der Waals surface area contributed by atoms with E-state index in [0.717, 1.165) is 41.4 Å². The van der Waals surface area contributed by atoms with Gasteiger partial charge in [0.1, 0.15) is 5.75 Å². The first-order valence-electron chi connectivity index (χ1n) is 8.86. The zero-order valence-corrected chi connectivity index (χ0v) is 16.4. The van der Waals surface area contributed by atoms with Gasteiger partial charge in [-0.05, 0) is 56.6 Å². The van der Waals surface area contributed by atoms with E-state index in [1.807, 2.05) is 26.4 Å². The summed E-state index contributed by atoms with van der Waals surface area (Å²) in [7, 11) is 4.04. The molecule has 0 atom stereocenters. The number of carboxylic acid groups (broad SMARTS) is 1. The first kappa shape index (κ1) is 20.0. The maximum absolute atomic E-state index is 12.3. The second kappa shape index (κ2) is 7.33. The van der Waals surface area contributed by atoms with Crippen LogP contribution < -0.4 is 5.56 Å². The molecule has 1 aliphatic rings. The van der Waals surface area contributed by atoms with E-state index >= 15 is 0 Å². The molecule has 28 heavy (non-hydrogen) atoms. The Morgan fingerprint density at radius 2 is 2.00 bits per heavy atom. The second-order valence-electron chi connectivity index (χ2n) is 7.30. The fraction of sp³-hybridized carbons (Fsp3) is 0.300. The molecule has 0 saturated carbocycles. The fourth-order valence-corrected chi connectivity index (χ4v) is 3.94. The van der Waals surface area contributed by atoms with E-state index in [2.05, 4.69) is 20.9 Å². The van der Waals surface area contributed by atoms with Crippen LogP contribution in [0.1, 0.15) is 33.5 Å². The minimum Gasteiger partial charge on any atom is -0.506 e. The lowest BCUT2D eigenvalue weighted by Crippen LogP contribution is -2.20. The van der Waals surface area contributed by atoms with Crippen LogP contribution >= 0.6 is 12.4 Å². The Morgan fingerprint density at radius 1 is 1.25 bits per heavy atom. The molecule has 148 valence electrons. The standard InChI is InChI=1S/C20H21N3O4.ClH/c1-23(2)9-11-8-21-15-7-14-10(6-13(11)15)4-3-5-12-17(14)22-19(25)16(18(12)24)20(26)27;/h6-8,21H,3-5,9H2,1-2H3,(H,26,27)(H2,22,24,25);1H. The Balaban J connectivity index is 0.00000225. The number of aromatic carboxylic acids is 1. The average molecular weight is 404 g/mol. The number of carbonyl (C=O) groups is 1. The van der Waals surface area contributed by atoms with Gasteiger partial charge in [0.2, 0.25) is 0 Å². The number of fused-ring (bicyclic) bond motifs is 4. The molecule has 0 spiro atoms. The number of aromatic nitrogens is 2. The molecule has 0 bridgehead atoms. The smallest absolute Gasteiger partial charge is 0.345 e. The zero-order valence-electron chi connectivity index (χ0n) is 15.6. The van der Waals surface area contributed by atoms with Crippen molar-refractivity contribution in [1.29, 1.82) is 0 Å². The Kier molecular flexibility index (Phi) is 5.23. The van der Waals surface area contributed by atoms with Crippen molar-refractivity contribution in [2.24, 2.45) is 0 Å². The maximum Gasteiger partial charge on any atom is 0.345 e. The summed E-state index contributed by atoms with van der Waals surface area (Å²) in [6, 6.07) is 4.11. The molecule has 1 aliphatic carbocycles. The number of nitrogens with one attached hydrogen (secondary N) is 2. The van der Waals surface area contributed by atoms with Crippen molar-refractivity contribution in [3.05, 3.63) is 50.9 Å². The van der Waals surface area contributed by atoms with Crippen molar-refractivity contribution in [2.75, 3.05) is 14.1 Å². The highest BCUT2D eigenvalue weighted by molar-refractivity contribution is 5.93. The monoisotopic (exact) mass is 403 g/mol. The lowest BCUT2D eigenvalue weighted by Gasteiger charge is -2.13. The Morgan fingerprint density at radius 3 is 2.68 bits per heavy atom. The first-order valence-corrected chi connectivity index (χ1v) is 8.86. The number of carboxylic acids is 1. The quantitative estimate of drug-likeness (QED) is 0.537. The summed E-state index contributed by atoms with van der Waals surface area (Å²) in [5.74, 6) is -1.84. The van der Waals surface area contributed by atoms with Gasteiger partial charge in [0.15, 0.2) is 5.56 Å². The molecule has 2 heterocycles. The van der Waals surface area contributed by atoms with Gasteiger partial charge in [-0.25, -0.2) is 4.79 Å². The molecule has 0 amide bonds. The number of aromatic hydroxyl groups is 1. The average Bonchev–Trinajstić information content (AvgIpc) is 2.87. The van der Waals surface area contributed by atoms with E-state index in [1.165, 1.54) is 5.56 Å². The number of nitrogens with zero attached hydrogens (tertiary/aromatic N) is 1. The predicted molar refractivity (Wildman–Crippen MR) is 110 cm³/mol. The number of aromatic amines is 2. The van der Waals surface area contributed by atoms with Crippen molar-refractivity contribution >= 4 is 29.3 Å². The van der Waals surface area contributed by atoms with Gasteiger partial charge >= 0.3 is 5.97 Å². The van der Waals surface area contributed by atoms with E-state index in [0.29, 0.717) is 17.7 Å². The Hall–Kier alpha value is -2.77. The molecule has 4 rings (SSSR count). The fourth-order valence-electron chi connectivity index (χ4n) is 3.94. The van der Waals surface area contributed by atoms with Crippen LogP contribution in [0.25, 0.3) is 22.2 Å². The van der Waals surface area contributed by atoms with Crippen LogP contribution in [0.2, 0.25) is 0 Å². The van der Waals surface area contributed by atoms with Crippen LogP contribution in [-0.2, 0) is 19.4 Å². The molecule has 0 radical (unpaired) electrons. The molecule has 0 saturated heterocycles. The summed E-state index contributed by atoms with van der Waals surface area (Å²) in [6.07, 6.45) is 4.04. The Labute approximate surface area is 167 Å². The van der Waals surface area contributed by atoms with Crippen LogP contribution in [0.3, 0.4) is 0 Å². The van der Waals surface area contributed by atoms with E-state index < -0.39 is 22.8 Å². The van der Waals surface area contributed by atoms with Gasteiger partial charge < -0.3 is 25.1 Å². The van der Waals surface area contributed by atoms with Gasteiger partial charge in [-0.15, -0.1) is 12.4 Å².